The smallest absolute Gasteiger partial charge is 0.261 e. The monoisotopic (exact) mass is 414 g/mol. The van der Waals surface area contributed by atoms with Gasteiger partial charge in [0.15, 0.2) is 11.5 Å². The highest BCUT2D eigenvalue weighted by atomic mass is 32.2. The summed E-state index contributed by atoms with van der Waals surface area (Å²) in [7, 11) is -3.97. The van der Waals surface area contributed by atoms with Crippen molar-refractivity contribution < 1.29 is 27.1 Å². The number of halogens is 1. The van der Waals surface area contributed by atoms with Gasteiger partial charge in [0.2, 0.25) is 6.79 Å². The molecule has 1 aliphatic rings. The molecule has 1 aliphatic heterocycles. The number of hydrogen-bond acceptors (Lipinski definition) is 5. The standard InChI is InChI=1S/C20H15FN2O5S/c21-16-6-1-2-7-17(16)22-20(24)13-4-3-5-15(10-13)29(25,26)23-14-8-9-18-19(11-14)28-12-27-18/h1-11,23H,12H2,(H,22,24). The highest BCUT2D eigenvalue weighted by Crippen LogP contribution is 2.34. The number of anilines is 2. The van der Waals surface area contributed by atoms with E-state index in [-0.39, 0.29) is 28.6 Å². The Kier molecular flexibility index (Phi) is 4.81. The van der Waals surface area contributed by atoms with E-state index >= 15 is 0 Å². The third-order valence-electron chi connectivity index (χ3n) is 4.15. The van der Waals surface area contributed by atoms with E-state index in [4.69, 9.17) is 9.47 Å². The van der Waals surface area contributed by atoms with E-state index in [1.165, 1.54) is 48.5 Å². The van der Waals surface area contributed by atoms with E-state index in [1.54, 1.807) is 18.2 Å². The van der Waals surface area contributed by atoms with Gasteiger partial charge in [0, 0.05) is 11.6 Å². The van der Waals surface area contributed by atoms with Crippen LogP contribution in [0.1, 0.15) is 10.4 Å². The lowest BCUT2D eigenvalue weighted by Gasteiger charge is -2.10. The van der Waals surface area contributed by atoms with Gasteiger partial charge in [-0.05, 0) is 42.5 Å². The van der Waals surface area contributed by atoms with Gasteiger partial charge in [-0.2, -0.15) is 0 Å². The minimum atomic E-state index is -3.97. The molecule has 29 heavy (non-hydrogen) atoms. The molecule has 0 aliphatic carbocycles. The van der Waals surface area contributed by atoms with E-state index in [0.717, 1.165) is 0 Å². The lowest BCUT2D eigenvalue weighted by Crippen LogP contribution is -2.16. The topological polar surface area (TPSA) is 93.7 Å². The Morgan fingerprint density at radius 1 is 0.931 bits per heavy atom. The Morgan fingerprint density at radius 3 is 2.55 bits per heavy atom. The third kappa shape index (κ3) is 3.99. The molecule has 0 spiro atoms. The summed E-state index contributed by atoms with van der Waals surface area (Å²) in [5.41, 5.74) is 0.363. The number of carbonyl (C=O) groups excluding carboxylic acids is 1. The van der Waals surface area contributed by atoms with Gasteiger partial charge < -0.3 is 14.8 Å². The van der Waals surface area contributed by atoms with Crippen molar-refractivity contribution in [2.45, 2.75) is 4.90 Å². The Balaban J connectivity index is 1.55. The summed E-state index contributed by atoms with van der Waals surface area (Å²) >= 11 is 0. The number of carbonyl (C=O) groups is 1. The lowest BCUT2D eigenvalue weighted by molar-refractivity contribution is 0.102. The van der Waals surface area contributed by atoms with Crippen LogP contribution in [0.15, 0.2) is 71.6 Å². The van der Waals surface area contributed by atoms with Crippen LogP contribution in [0.25, 0.3) is 0 Å². The third-order valence-corrected chi connectivity index (χ3v) is 5.53. The fourth-order valence-electron chi connectivity index (χ4n) is 2.74. The molecule has 148 valence electrons. The van der Waals surface area contributed by atoms with Crippen molar-refractivity contribution in [2.75, 3.05) is 16.8 Å². The van der Waals surface area contributed by atoms with Gasteiger partial charge in [0.25, 0.3) is 15.9 Å². The molecule has 2 N–H and O–H groups in total. The number of rotatable bonds is 5. The first-order valence-corrected chi connectivity index (χ1v) is 9.99. The van der Waals surface area contributed by atoms with Gasteiger partial charge in [-0.15, -0.1) is 0 Å². The molecule has 9 heteroatoms. The molecule has 3 aromatic rings. The second-order valence-electron chi connectivity index (χ2n) is 6.14. The predicted octanol–water partition coefficient (Wildman–Crippen LogP) is 3.61. The quantitative estimate of drug-likeness (QED) is 0.665. The van der Waals surface area contributed by atoms with Crippen LogP contribution >= 0.6 is 0 Å². The average molecular weight is 414 g/mol. The number of amides is 1. The zero-order valence-corrected chi connectivity index (χ0v) is 15.7. The maximum absolute atomic E-state index is 13.7. The number of benzene rings is 3. The van der Waals surface area contributed by atoms with Gasteiger partial charge in [-0.3, -0.25) is 9.52 Å². The van der Waals surface area contributed by atoms with Crippen molar-refractivity contribution in [3.05, 3.63) is 78.1 Å². The molecule has 0 radical (unpaired) electrons. The summed E-state index contributed by atoms with van der Waals surface area (Å²) in [5, 5.41) is 2.42. The molecule has 0 bridgehead atoms. The Bertz CT molecular complexity index is 1200. The van der Waals surface area contributed by atoms with Crippen molar-refractivity contribution in [1.29, 1.82) is 0 Å². The maximum atomic E-state index is 13.7. The van der Waals surface area contributed by atoms with Crippen molar-refractivity contribution >= 4 is 27.3 Å². The van der Waals surface area contributed by atoms with Gasteiger partial charge in [-0.1, -0.05) is 18.2 Å². The van der Waals surface area contributed by atoms with Crippen LogP contribution in [0.3, 0.4) is 0 Å². The zero-order valence-electron chi connectivity index (χ0n) is 14.9. The van der Waals surface area contributed by atoms with E-state index in [0.29, 0.717) is 11.5 Å². The average Bonchev–Trinajstić information content (AvgIpc) is 3.17. The summed E-state index contributed by atoms with van der Waals surface area (Å²) in [5.74, 6) is -0.257. The Labute approximate surface area is 166 Å². The molecule has 0 unspecified atom stereocenters. The first kappa shape index (κ1) is 18.8. The predicted molar refractivity (Wildman–Crippen MR) is 104 cm³/mol. The summed E-state index contributed by atoms with van der Waals surface area (Å²) in [4.78, 5) is 12.3. The van der Waals surface area contributed by atoms with Crippen LogP contribution in [0.2, 0.25) is 0 Å². The first-order chi connectivity index (χ1) is 13.9. The fraction of sp³-hybridized carbons (Fsp3) is 0.0500. The van der Waals surface area contributed by atoms with E-state index in [2.05, 4.69) is 10.0 Å². The largest absolute Gasteiger partial charge is 0.454 e. The van der Waals surface area contributed by atoms with E-state index in [1.807, 2.05) is 0 Å². The summed E-state index contributed by atoms with van der Waals surface area (Å²) < 4.78 is 52.0. The second-order valence-corrected chi connectivity index (χ2v) is 7.82. The SMILES string of the molecule is O=C(Nc1ccccc1F)c1cccc(S(=O)(=O)Nc2ccc3c(c2)OCO3)c1. The summed E-state index contributed by atoms with van der Waals surface area (Å²) in [6.45, 7) is 0.0741. The molecular weight excluding hydrogens is 399 g/mol. The molecule has 0 aromatic heterocycles. The van der Waals surface area contributed by atoms with Gasteiger partial charge in [0.05, 0.1) is 16.3 Å². The molecule has 1 amide bonds. The van der Waals surface area contributed by atoms with E-state index in [9.17, 15) is 17.6 Å². The van der Waals surface area contributed by atoms with Gasteiger partial charge >= 0.3 is 0 Å². The van der Waals surface area contributed by atoms with Crippen molar-refractivity contribution in [3.63, 3.8) is 0 Å². The number of nitrogens with one attached hydrogen (secondary N) is 2. The number of sulfonamides is 1. The molecule has 0 saturated heterocycles. The van der Waals surface area contributed by atoms with Gasteiger partial charge in [-0.25, -0.2) is 12.8 Å². The molecule has 1 heterocycles. The van der Waals surface area contributed by atoms with Crippen molar-refractivity contribution in [1.82, 2.24) is 0 Å². The molecule has 4 rings (SSSR count). The van der Waals surface area contributed by atoms with Crippen LogP contribution in [0.4, 0.5) is 15.8 Å². The summed E-state index contributed by atoms with van der Waals surface area (Å²) in [6, 6.07) is 15.8. The number of ether oxygens (including phenoxy) is 2. The Hall–Kier alpha value is -3.59. The zero-order chi connectivity index (χ0) is 20.4. The minimum Gasteiger partial charge on any atom is -0.454 e. The maximum Gasteiger partial charge on any atom is 0.261 e. The van der Waals surface area contributed by atoms with Crippen LogP contribution in [0.5, 0.6) is 11.5 Å². The molecular formula is C20H15FN2O5S. The normalized spacial score (nSPS) is 12.4. The van der Waals surface area contributed by atoms with Crippen LogP contribution in [-0.4, -0.2) is 21.1 Å². The molecule has 0 atom stereocenters. The fourth-order valence-corrected chi connectivity index (χ4v) is 3.83. The summed E-state index contributed by atoms with van der Waals surface area (Å²) in [6.07, 6.45) is 0. The van der Waals surface area contributed by atoms with Crippen LogP contribution in [0, 0.1) is 5.82 Å². The number of para-hydroxylation sites is 1. The van der Waals surface area contributed by atoms with Crippen LogP contribution < -0.4 is 19.5 Å². The van der Waals surface area contributed by atoms with Crippen molar-refractivity contribution in [3.8, 4) is 11.5 Å². The molecule has 7 nitrogen and oxygen atoms in total. The second kappa shape index (κ2) is 7.44. The van der Waals surface area contributed by atoms with Gasteiger partial charge in [0.1, 0.15) is 5.82 Å². The molecule has 3 aromatic carbocycles. The Morgan fingerprint density at radius 2 is 1.72 bits per heavy atom. The number of hydrogen-bond donors (Lipinski definition) is 2. The molecule has 0 fully saturated rings. The molecule has 0 saturated carbocycles. The highest BCUT2D eigenvalue weighted by molar-refractivity contribution is 7.92. The lowest BCUT2D eigenvalue weighted by atomic mass is 10.2. The van der Waals surface area contributed by atoms with Crippen LogP contribution in [-0.2, 0) is 10.0 Å². The highest BCUT2D eigenvalue weighted by Gasteiger charge is 2.19. The number of fused-ring (bicyclic) bond motifs is 1. The van der Waals surface area contributed by atoms with E-state index < -0.39 is 21.7 Å². The first-order valence-electron chi connectivity index (χ1n) is 8.51. The van der Waals surface area contributed by atoms with Crippen molar-refractivity contribution in [2.24, 2.45) is 0 Å². The minimum absolute atomic E-state index is 0.00393.